The van der Waals surface area contributed by atoms with Gasteiger partial charge in [-0.25, -0.2) is 0 Å². The molecule has 0 amide bonds. The average molecular weight is 235 g/mol. The molecule has 16 heavy (non-hydrogen) atoms. The van der Waals surface area contributed by atoms with Crippen LogP contribution in [0.2, 0.25) is 0 Å². The summed E-state index contributed by atoms with van der Waals surface area (Å²) in [6, 6.07) is 4.83. The predicted molar refractivity (Wildman–Crippen MR) is 73.8 cm³/mol. The Kier molecular flexibility index (Phi) is 3.80. The van der Waals surface area contributed by atoms with Gasteiger partial charge in [-0.15, -0.1) is 11.8 Å². The quantitative estimate of drug-likeness (QED) is 0.718. The van der Waals surface area contributed by atoms with Gasteiger partial charge >= 0.3 is 0 Å². The van der Waals surface area contributed by atoms with E-state index in [0.717, 1.165) is 6.42 Å². The fourth-order valence-corrected chi connectivity index (χ4v) is 3.19. The van der Waals surface area contributed by atoms with Crippen molar-refractivity contribution < 1.29 is 0 Å². The van der Waals surface area contributed by atoms with E-state index in [-0.39, 0.29) is 0 Å². The summed E-state index contributed by atoms with van der Waals surface area (Å²) in [6.07, 6.45) is 7.22. The molecule has 1 aromatic rings. The maximum Gasteiger partial charge on any atom is 0.0399 e. The highest BCUT2D eigenvalue weighted by Gasteiger charge is 2.14. The van der Waals surface area contributed by atoms with Gasteiger partial charge in [0, 0.05) is 24.2 Å². The topological polar surface area (TPSA) is 3.24 Å². The van der Waals surface area contributed by atoms with Gasteiger partial charge in [-0.2, -0.15) is 0 Å². The summed E-state index contributed by atoms with van der Waals surface area (Å²) in [5, 5.41) is 0. The number of fused-ring (bicyclic) bond motifs is 1. The molecule has 0 spiro atoms. The summed E-state index contributed by atoms with van der Waals surface area (Å²) in [4.78, 5) is 3.89. The Bertz CT molecular complexity index is 373. The van der Waals surface area contributed by atoms with Gasteiger partial charge in [-0.3, -0.25) is 0 Å². The van der Waals surface area contributed by atoms with E-state index in [4.69, 9.17) is 0 Å². The highest BCUT2D eigenvalue weighted by molar-refractivity contribution is 7.98. The van der Waals surface area contributed by atoms with Crippen LogP contribution in [0, 0.1) is 0 Å². The summed E-state index contributed by atoms with van der Waals surface area (Å²) in [7, 11) is 2.22. The van der Waals surface area contributed by atoms with Crippen LogP contribution in [-0.4, -0.2) is 19.8 Å². The molecule has 1 nitrogen and oxygen atoms in total. The molecular formula is C14H21NS. The third kappa shape index (κ3) is 2.22. The molecule has 0 N–H and O–H groups in total. The number of benzene rings is 1. The Labute approximate surface area is 103 Å². The van der Waals surface area contributed by atoms with Crippen molar-refractivity contribution in [2.45, 2.75) is 37.5 Å². The molecule has 0 saturated heterocycles. The molecule has 0 unspecified atom stereocenters. The molecule has 0 saturated carbocycles. The molecule has 0 fully saturated rings. The lowest BCUT2D eigenvalue weighted by Gasteiger charge is -2.21. The van der Waals surface area contributed by atoms with Gasteiger partial charge < -0.3 is 4.90 Å². The molecule has 1 aliphatic heterocycles. The van der Waals surface area contributed by atoms with Crippen molar-refractivity contribution in [2.75, 3.05) is 24.7 Å². The fraction of sp³-hybridized carbons (Fsp3) is 0.571. The smallest absolute Gasteiger partial charge is 0.0399 e. The molecule has 0 atom stereocenters. The van der Waals surface area contributed by atoms with Crippen LogP contribution in [0.3, 0.4) is 0 Å². The van der Waals surface area contributed by atoms with Gasteiger partial charge in [0.2, 0.25) is 0 Å². The minimum absolute atomic E-state index is 1.14. The van der Waals surface area contributed by atoms with Crippen LogP contribution in [-0.2, 0) is 12.8 Å². The minimum atomic E-state index is 1.14. The van der Waals surface area contributed by atoms with Crippen LogP contribution in [0.4, 0.5) is 5.69 Å². The second kappa shape index (κ2) is 5.13. The maximum atomic E-state index is 2.42. The Morgan fingerprint density at radius 1 is 1.31 bits per heavy atom. The number of anilines is 1. The first-order valence-electron chi connectivity index (χ1n) is 6.17. The number of hydrogen-bond acceptors (Lipinski definition) is 2. The lowest BCUT2D eigenvalue weighted by atomic mass is 10.0. The van der Waals surface area contributed by atoms with Crippen molar-refractivity contribution >= 4 is 17.4 Å². The highest BCUT2D eigenvalue weighted by atomic mass is 32.2. The molecule has 1 aromatic carbocycles. The first-order valence-corrected chi connectivity index (χ1v) is 7.39. The van der Waals surface area contributed by atoms with E-state index in [1.54, 1.807) is 5.56 Å². The summed E-state index contributed by atoms with van der Waals surface area (Å²) >= 11 is 1.88. The van der Waals surface area contributed by atoms with E-state index >= 15 is 0 Å². The summed E-state index contributed by atoms with van der Waals surface area (Å²) in [5.74, 6) is 0. The predicted octanol–water partition coefficient (Wildman–Crippen LogP) is 3.74. The largest absolute Gasteiger partial charge is 0.374 e. The van der Waals surface area contributed by atoms with E-state index in [1.165, 1.54) is 42.0 Å². The van der Waals surface area contributed by atoms with Gasteiger partial charge in [-0.05, 0) is 55.2 Å². The Hall–Kier alpha value is -0.630. The van der Waals surface area contributed by atoms with Gasteiger partial charge in [0.05, 0.1) is 0 Å². The Morgan fingerprint density at radius 3 is 2.81 bits per heavy atom. The zero-order chi connectivity index (χ0) is 11.5. The van der Waals surface area contributed by atoms with Crippen LogP contribution < -0.4 is 4.90 Å². The first kappa shape index (κ1) is 11.8. The molecule has 1 heterocycles. The van der Waals surface area contributed by atoms with Crippen molar-refractivity contribution in [1.82, 2.24) is 0 Å². The van der Waals surface area contributed by atoms with Gasteiger partial charge in [0.25, 0.3) is 0 Å². The SMILES string of the molecule is CCc1cc2c(cc1SC)CCCCN2C. The monoisotopic (exact) mass is 235 g/mol. The summed E-state index contributed by atoms with van der Waals surface area (Å²) in [5.41, 5.74) is 4.51. The summed E-state index contributed by atoms with van der Waals surface area (Å²) in [6.45, 7) is 3.45. The number of hydrogen-bond donors (Lipinski definition) is 0. The third-order valence-electron chi connectivity index (χ3n) is 3.46. The van der Waals surface area contributed by atoms with Crippen molar-refractivity contribution in [3.05, 3.63) is 23.3 Å². The van der Waals surface area contributed by atoms with E-state index in [0.29, 0.717) is 0 Å². The second-order valence-electron chi connectivity index (χ2n) is 4.52. The lowest BCUT2D eigenvalue weighted by Crippen LogP contribution is -2.18. The number of thioether (sulfide) groups is 1. The summed E-state index contributed by atoms with van der Waals surface area (Å²) < 4.78 is 0. The molecular weight excluding hydrogens is 214 g/mol. The van der Waals surface area contributed by atoms with Crippen LogP contribution in [0.15, 0.2) is 17.0 Å². The van der Waals surface area contributed by atoms with Gasteiger partial charge in [0.1, 0.15) is 0 Å². The average Bonchev–Trinajstić information content (AvgIpc) is 2.49. The molecule has 0 aromatic heterocycles. The highest BCUT2D eigenvalue weighted by Crippen LogP contribution is 2.32. The molecule has 0 aliphatic carbocycles. The molecule has 2 rings (SSSR count). The lowest BCUT2D eigenvalue weighted by molar-refractivity contribution is 0.749. The first-order chi connectivity index (χ1) is 7.76. The fourth-order valence-electron chi connectivity index (χ4n) is 2.46. The standard InChI is InChI=1S/C14H21NS/c1-4-11-9-13-12(10-14(11)16-3)7-5-6-8-15(13)2/h9-10H,4-8H2,1-3H3. The maximum absolute atomic E-state index is 2.42. The van der Waals surface area contributed by atoms with Crippen molar-refractivity contribution in [2.24, 2.45) is 0 Å². The van der Waals surface area contributed by atoms with Crippen molar-refractivity contribution in [3.8, 4) is 0 Å². The Morgan fingerprint density at radius 2 is 2.12 bits per heavy atom. The molecule has 88 valence electrons. The second-order valence-corrected chi connectivity index (χ2v) is 5.37. The van der Waals surface area contributed by atoms with Crippen LogP contribution >= 0.6 is 11.8 Å². The number of aryl methyl sites for hydroxylation is 2. The zero-order valence-electron chi connectivity index (χ0n) is 10.5. The van der Waals surface area contributed by atoms with Crippen molar-refractivity contribution in [1.29, 1.82) is 0 Å². The van der Waals surface area contributed by atoms with E-state index in [9.17, 15) is 0 Å². The molecule has 0 bridgehead atoms. The van der Waals surface area contributed by atoms with Crippen molar-refractivity contribution in [3.63, 3.8) is 0 Å². The normalized spacial score (nSPS) is 15.8. The van der Waals surface area contributed by atoms with E-state index < -0.39 is 0 Å². The van der Waals surface area contributed by atoms with Crippen LogP contribution in [0.1, 0.15) is 30.9 Å². The number of nitrogens with zero attached hydrogens (tertiary/aromatic N) is 1. The molecule has 1 aliphatic rings. The molecule has 0 radical (unpaired) electrons. The molecule has 2 heteroatoms. The minimum Gasteiger partial charge on any atom is -0.374 e. The van der Waals surface area contributed by atoms with E-state index in [2.05, 4.69) is 37.3 Å². The third-order valence-corrected chi connectivity index (χ3v) is 4.28. The van der Waals surface area contributed by atoms with E-state index in [1.807, 2.05) is 11.8 Å². The van der Waals surface area contributed by atoms with Crippen LogP contribution in [0.5, 0.6) is 0 Å². The van der Waals surface area contributed by atoms with Gasteiger partial charge in [-0.1, -0.05) is 6.92 Å². The zero-order valence-corrected chi connectivity index (χ0v) is 11.4. The number of rotatable bonds is 2. The van der Waals surface area contributed by atoms with Gasteiger partial charge in [0.15, 0.2) is 0 Å². The Balaban J connectivity index is 2.47. The van der Waals surface area contributed by atoms with Crippen LogP contribution in [0.25, 0.3) is 0 Å².